The molecule has 3 aromatic rings. The van der Waals surface area contributed by atoms with Gasteiger partial charge in [-0.05, 0) is 29.8 Å². The summed E-state index contributed by atoms with van der Waals surface area (Å²) in [6, 6.07) is 14.6. The summed E-state index contributed by atoms with van der Waals surface area (Å²) in [4.78, 5) is 4.38. The third kappa shape index (κ3) is 2.31. The van der Waals surface area contributed by atoms with Crippen LogP contribution in [0.5, 0.6) is 5.75 Å². The van der Waals surface area contributed by atoms with Crippen molar-refractivity contribution in [2.75, 3.05) is 0 Å². The molecule has 1 aromatic heterocycles. The fraction of sp³-hybridized carbons (Fsp3) is 0. The van der Waals surface area contributed by atoms with E-state index in [9.17, 15) is 5.11 Å². The van der Waals surface area contributed by atoms with Gasteiger partial charge >= 0.3 is 0 Å². The van der Waals surface area contributed by atoms with Crippen LogP contribution in [0.2, 0.25) is 0 Å². The lowest BCUT2D eigenvalue weighted by atomic mass is 10.1. The molecular weight excluding hydrogens is 250 g/mol. The number of hydrogen-bond acceptors (Lipinski definition) is 3. The largest absolute Gasteiger partial charge is 0.508 e. The van der Waals surface area contributed by atoms with E-state index in [1.54, 1.807) is 18.5 Å². The van der Waals surface area contributed by atoms with Crippen molar-refractivity contribution in [3.8, 4) is 22.7 Å². The number of aromatic nitrogens is 2. The van der Waals surface area contributed by atoms with Crippen molar-refractivity contribution in [3.63, 3.8) is 0 Å². The number of phenols is 1. The minimum Gasteiger partial charge on any atom is -0.508 e. The SMILES string of the molecule is N=Cc1ccc(-c2cn(-c3ccc(O)cc3)cn2)cc1. The molecule has 0 aliphatic rings. The monoisotopic (exact) mass is 263 g/mol. The van der Waals surface area contributed by atoms with Crippen molar-refractivity contribution in [2.45, 2.75) is 0 Å². The lowest BCUT2D eigenvalue weighted by Gasteiger charge is -2.01. The number of imidazole rings is 1. The van der Waals surface area contributed by atoms with Crippen LogP contribution in [0.4, 0.5) is 0 Å². The van der Waals surface area contributed by atoms with Gasteiger partial charge in [-0.3, -0.25) is 0 Å². The van der Waals surface area contributed by atoms with Crippen molar-refractivity contribution in [2.24, 2.45) is 0 Å². The molecule has 0 bridgehead atoms. The van der Waals surface area contributed by atoms with Gasteiger partial charge in [-0.2, -0.15) is 0 Å². The van der Waals surface area contributed by atoms with Crippen molar-refractivity contribution in [3.05, 3.63) is 66.6 Å². The highest BCUT2D eigenvalue weighted by molar-refractivity contribution is 5.78. The lowest BCUT2D eigenvalue weighted by molar-refractivity contribution is 0.475. The normalized spacial score (nSPS) is 10.4. The first-order chi connectivity index (χ1) is 9.76. The Hall–Kier alpha value is -2.88. The highest BCUT2D eigenvalue weighted by Gasteiger charge is 2.03. The first-order valence-electron chi connectivity index (χ1n) is 6.20. The molecule has 0 aliphatic heterocycles. The fourth-order valence-electron chi connectivity index (χ4n) is 1.99. The lowest BCUT2D eigenvalue weighted by Crippen LogP contribution is -1.88. The summed E-state index contributed by atoms with van der Waals surface area (Å²) in [5.41, 5.74) is 3.69. The van der Waals surface area contributed by atoms with Crippen LogP contribution in [-0.4, -0.2) is 20.9 Å². The van der Waals surface area contributed by atoms with Gasteiger partial charge in [0.15, 0.2) is 0 Å². The van der Waals surface area contributed by atoms with Crippen LogP contribution in [0.1, 0.15) is 5.56 Å². The molecule has 98 valence electrons. The van der Waals surface area contributed by atoms with E-state index < -0.39 is 0 Å². The van der Waals surface area contributed by atoms with Crippen LogP contribution in [-0.2, 0) is 0 Å². The number of nitrogens with zero attached hydrogens (tertiary/aromatic N) is 2. The van der Waals surface area contributed by atoms with Crippen LogP contribution in [0.3, 0.4) is 0 Å². The second kappa shape index (κ2) is 5.01. The molecule has 0 saturated carbocycles. The third-order valence-electron chi connectivity index (χ3n) is 3.10. The predicted octanol–water partition coefficient (Wildman–Crippen LogP) is 3.24. The van der Waals surface area contributed by atoms with Crippen molar-refractivity contribution in [1.82, 2.24) is 9.55 Å². The molecule has 0 atom stereocenters. The van der Waals surface area contributed by atoms with Gasteiger partial charge in [0.25, 0.3) is 0 Å². The smallest absolute Gasteiger partial charge is 0.115 e. The van der Waals surface area contributed by atoms with Gasteiger partial charge in [0, 0.05) is 23.7 Å². The first kappa shape index (κ1) is 12.2. The highest BCUT2D eigenvalue weighted by atomic mass is 16.3. The third-order valence-corrected chi connectivity index (χ3v) is 3.10. The van der Waals surface area contributed by atoms with Gasteiger partial charge in [-0.1, -0.05) is 24.3 Å². The maximum absolute atomic E-state index is 9.29. The van der Waals surface area contributed by atoms with Gasteiger partial charge in [0.1, 0.15) is 5.75 Å². The number of nitrogens with one attached hydrogen (secondary N) is 1. The summed E-state index contributed by atoms with van der Waals surface area (Å²) in [5.74, 6) is 0.247. The minimum atomic E-state index is 0.247. The molecule has 0 aliphatic carbocycles. The predicted molar refractivity (Wildman–Crippen MR) is 78.6 cm³/mol. The summed E-state index contributed by atoms with van der Waals surface area (Å²) >= 11 is 0. The highest BCUT2D eigenvalue weighted by Crippen LogP contribution is 2.20. The molecular formula is C16H13N3O. The molecule has 4 heteroatoms. The summed E-state index contributed by atoms with van der Waals surface area (Å²) < 4.78 is 1.90. The number of phenolic OH excluding ortho intramolecular Hbond substituents is 1. The summed E-state index contributed by atoms with van der Waals surface area (Å²) in [5, 5.41) is 16.5. The Bertz CT molecular complexity index is 727. The Morgan fingerprint density at radius 1 is 1.00 bits per heavy atom. The molecule has 2 aromatic carbocycles. The molecule has 0 unspecified atom stereocenters. The topological polar surface area (TPSA) is 61.9 Å². The second-order valence-corrected chi connectivity index (χ2v) is 4.45. The van der Waals surface area contributed by atoms with Gasteiger partial charge in [0.2, 0.25) is 0 Å². The van der Waals surface area contributed by atoms with Crippen LogP contribution < -0.4 is 0 Å². The van der Waals surface area contributed by atoms with Gasteiger partial charge in [-0.25, -0.2) is 4.98 Å². The van der Waals surface area contributed by atoms with Crippen LogP contribution in [0, 0.1) is 5.41 Å². The molecule has 0 fully saturated rings. The zero-order valence-electron chi connectivity index (χ0n) is 10.7. The molecule has 0 radical (unpaired) electrons. The van der Waals surface area contributed by atoms with Gasteiger partial charge < -0.3 is 15.1 Å². The second-order valence-electron chi connectivity index (χ2n) is 4.45. The average molecular weight is 263 g/mol. The zero-order valence-corrected chi connectivity index (χ0v) is 10.7. The van der Waals surface area contributed by atoms with E-state index in [0.717, 1.165) is 22.5 Å². The van der Waals surface area contributed by atoms with E-state index in [0.29, 0.717) is 0 Å². The van der Waals surface area contributed by atoms with Gasteiger partial charge in [0.05, 0.1) is 12.0 Å². The van der Waals surface area contributed by atoms with Crippen molar-refractivity contribution >= 4 is 6.21 Å². The van der Waals surface area contributed by atoms with E-state index in [4.69, 9.17) is 5.41 Å². The summed E-state index contributed by atoms with van der Waals surface area (Å²) in [6.07, 6.45) is 5.00. The van der Waals surface area contributed by atoms with E-state index in [1.807, 2.05) is 47.2 Å². The van der Waals surface area contributed by atoms with Crippen molar-refractivity contribution in [1.29, 1.82) is 5.41 Å². The number of benzene rings is 2. The van der Waals surface area contributed by atoms with Crippen molar-refractivity contribution < 1.29 is 5.11 Å². The maximum Gasteiger partial charge on any atom is 0.115 e. The van der Waals surface area contributed by atoms with Crippen LogP contribution in [0.25, 0.3) is 16.9 Å². The maximum atomic E-state index is 9.29. The van der Waals surface area contributed by atoms with E-state index in [-0.39, 0.29) is 5.75 Å². The van der Waals surface area contributed by atoms with Gasteiger partial charge in [-0.15, -0.1) is 0 Å². The summed E-state index contributed by atoms with van der Waals surface area (Å²) in [6.45, 7) is 0. The quantitative estimate of drug-likeness (QED) is 0.712. The minimum absolute atomic E-state index is 0.247. The molecule has 0 amide bonds. The Morgan fingerprint density at radius 2 is 1.70 bits per heavy atom. The standard InChI is InChI=1S/C16H13N3O/c17-9-12-1-3-13(4-2-12)16-10-19(11-18-16)14-5-7-15(20)8-6-14/h1-11,17,20H. The van der Waals surface area contributed by atoms with Crippen LogP contribution in [0.15, 0.2) is 61.1 Å². The summed E-state index contributed by atoms with van der Waals surface area (Å²) in [7, 11) is 0. The molecule has 0 spiro atoms. The molecule has 3 rings (SSSR count). The van der Waals surface area contributed by atoms with E-state index in [1.165, 1.54) is 6.21 Å². The van der Waals surface area contributed by atoms with E-state index >= 15 is 0 Å². The van der Waals surface area contributed by atoms with Crippen LogP contribution >= 0.6 is 0 Å². The Kier molecular flexibility index (Phi) is 3.05. The molecule has 2 N–H and O–H groups in total. The fourth-order valence-corrected chi connectivity index (χ4v) is 1.99. The molecule has 0 saturated heterocycles. The average Bonchev–Trinajstić information content (AvgIpc) is 2.98. The Labute approximate surface area is 116 Å². The molecule has 4 nitrogen and oxygen atoms in total. The number of hydrogen-bond donors (Lipinski definition) is 2. The van der Waals surface area contributed by atoms with E-state index in [2.05, 4.69) is 4.98 Å². The first-order valence-corrected chi connectivity index (χ1v) is 6.20. The molecule has 1 heterocycles. The molecule has 20 heavy (non-hydrogen) atoms. The Balaban J connectivity index is 1.92. The Morgan fingerprint density at radius 3 is 2.35 bits per heavy atom. The zero-order chi connectivity index (χ0) is 13.9. The number of rotatable bonds is 3. The number of aromatic hydroxyl groups is 1.